The molecule has 9 heteroatoms. The number of hydrogen-bond acceptors (Lipinski definition) is 4. The number of ether oxygens (including phenoxy) is 1. The second kappa shape index (κ2) is 9.34. The number of aromatic nitrogens is 2. The van der Waals surface area contributed by atoms with E-state index in [1.807, 2.05) is 4.57 Å². The maximum Gasteiger partial charge on any atom is 0.274 e. The number of fused-ring (bicyclic) bond motifs is 1. The van der Waals surface area contributed by atoms with Gasteiger partial charge in [0.25, 0.3) is 5.91 Å². The number of nitrogens with one attached hydrogen (secondary N) is 1. The van der Waals surface area contributed by atoms with Crippen molar-refractivity contribution in [3.05, 3.63) is 83.4 Å². The van der Waals surface area contributed by atoms with Gasteiger partial charge in [0, 0.05) is 24.7 Å². The van der Waals surface area contributed by atoms with Gasteiger partial charge in [0.15, 0.2) is 5.69 Å². The summed E-state index contributed by atoms with van der Waals surface area (Å²) in [6.07, 6.45) is 2.44. The van der Waals surface area contributed by atoms with Gasteiger partial charge < -0.3 is 19.5 Å². The largest absolute Gasteiger partial charge is 0.365 e. The number of carbonyl (C=O) groups is 2. The monoisotopic (exact) mass is 466 g/mol. The fraction of sp³-hybridized carbons (Fsp3) is 0.320. The highest BCUT2D eigenvalue weighted by molar-refractivity contribution is 5.95. The number of hydrogen-bond donors (Lipinski definition) is 1. The third kappa shape index (κ3) is 4.56. The minimum Gasteiger partial charge on any atom is -0.365 e. The Kier molecular flexibility index (Phi) is 6.10. The first-order valence-electron chi connectivity index (χ1n) is 11.2. The van der Waals surface area contributed by atoms with Crippen LogP contribution in [0.25, 0.3) is 0 Å². The molecule has 1 fully saturated rings. The standard InChI is InChI=1S/C25H24F2N4O3/c26-18-6-4-16(5-7-18)22-13-31-15-28-23(21(31)14-34-22)25(33)30-10-8-17(9-11-30)24(32)29-20-3-1-2-19(27)12-20/h1-7,12,15,17,22H,8-11,13-14H2,(H,29,32). The number of halogens is 2. The van der Waals surface area contributed by atoms with Crippen molar-refractivity contribution < 1.29 is 23.1 Å². The molecule has 3 aromatic rings. The molecular weight excluding hydrogens is 442 g/mol. The minimum absolute atomic E-state index is 0.169. The molecule has 176 valence electrons. The van der Waals surface area contributed by atoms with E-state index in [-0.39, 0.29) is 36.3 Å². The van der Waals surface area contributed by atoms with E-state index in [4.69, 9.17) is 4.74 Å². The summed E-state index contributed by atoms with van der Waals surface area (Å²) in [6.45, 7) is 1.59. The van der Waals surface area contributed by atoms with Crippen LogP contribution in [0.15, 0.2) is 54.9 Å². The van der Waals surface area contributed by atoms with Gasteiger partial charge in [-0.3, -0.25) is 9.59 Å². The fourth-order valence-electron chi connectivity index (χ4n) is 4.49. The molecule has 3 heterocycles. The van der Waals surface area contributed by atoms with Crippen LogP contribution in [0.3, 0.4) is 0 Å². The number of likely N-dealkylation sites (tertiary alicyclic amines) is 1. The van der Waals surface area contributed by atoms with E-state index >= 15 is 0 Å². The summed E-state index contributed by atoms with van der Waals surface area (Å²) in [5.41, 5.74) is 2.37. The Labute approximate surface area is 195 Å². The fourth-order valence-corrected chi connectivity index (χ4v) is 4.49. The van der Waals surface area contributed by atoms with Gasteiger partial charge in [0.05, 0.1) is 25.2 Å². The van der Waals surface area contributed by atoms with Crippen LogP contribution in [0.5, 0.6) is 0 Å². The number of nitrogens with zero attached hydrogens (tertiary/aromatic N) is 3. The van der Waals surface area contributed by atoms with Crippen LogP contribution in [0, 0.1) is 17.6 Å². The molecule has 0 bridgehead atoms. The first kappa shape index (κ1) is 22.2. The number of amides is 2. The Bertz CT molecular complexity index is 1200. The average Bonchev–Trinajstić information content (AvgIpc) is 3.27. The molecule has 2 amide bonds. The number of carbonyl (C=O) groups excluding carboxylic acids is 2. The lowest BCUT2D eigenvalue weighted by Crippen LogP contribution is -2.42. The van der Waals surface area contributed by atoms with Crippen LogP contribution in [0.2, 0.25) is 0 Å². The van der Waals surface area contributed by atoms with Gasteiger partial charge in [0.2, 0.25) is 5.91 Å². The summed E-state index contributed by atoms with van der Waals surface area (Å²) in [5.74, 6) is -1.30. The highest BCUT2D eigenvalue weighted by atomic mass is 19.1. The Morgan fingerprint density at radius 3 is 2.53 bits per heavy atom. The number of imidazole rings is 1. The molecule has 34 heavy (non-hydrogen) atoms. The summed E-state index contributed by atoms with van der Waals surface area (Å²) in [4.78, 5) is 31.7. The van der Waals surface area contributed by atoms with Crippen molar-refractivity contribution in [1.82, 2.24) is 14.5 Å². The molecular formula is C25H24F2N4O3. The second-order valence-corrected chi connectivity index (χ2v) is 8.61. The molecule has 1 saturated heterocycles. The molecule has 1 N–H and O–H groups in total. The van der Waals surface area contributed by atoms with Gasteiger partial charge in [0.1, 0.15) is 17.7 Å². The van der Waals surface area contributed by atoms with Crippen LogP contribution in [0.4, 0.5) is 14.5 Å². The van der Waals surface area contributed by atoms with Crippen molar-refractivity contribution in [3.63, 3.8) is 0 Å². The summed E-state index contributed by atoms with van der Waals surface area (Å²) in [7, 11) is 0. The molecule has 2 aromatic carbocycles. The van der Waals surface area contributed by atoms with Gasteiger partial charge in [-0.1, -0.05) is 18.2 Å². The average molecular weight is 466 g/mol. The smallest absolute Gasteiger partial charge is 0.274 e. The Morgan fingerprint density at radius 1 is 1.03 bits per heavy atom. The third-order valence-corrected chi connectivity index (χ3v) is 6.42. The van der Waals surface area contributed by atoms with Gasteiger partial charge in [-0.25, -0.2) is 13.8 Å². The highest BCUT2D eigenvalue weighted by Crippen LogP contribution is 2.29. The summed E-state index contributed by atoms with van der Waals surface area (Å²) in [5, 5.41) is 2.75. The zero-order valence-electron chi connectivity index (χ0n) is 18.4. The van der Waals surface area contributed by atoms with Crippen molar-refractivity contribution in [2.45, 2.75) is 32.1 Å². The van der Waals surface area contributed by atoms with E-state index in [1.165, 1.54) is 24.3 Å². The van der Waals surface area contributed by atoms with Gasteiger partial charge >= 0.3 is 0 Å². The van der Waals surface area contributed by atoms with Crippen molar-refractivity contribution in [2.24, 2.45) is 5.92 Å². The molecule has 0 spiro atoms. The first-order valence-corrected chi connectivity index (χ1v) is 11.2. The van der Waals surface area contributed by atoms with Crippen LogP contribution in [0.1, 0.15) is 40.7 Å². The van der Waals surface area contributed by atoms with E-state index in [9.17, 15) is 18.4 Å². The Hall–Kier alpha value is -3.59. The highest BCUT2D eigenvalue weighted by Gasteiger charge is 2.32. The molecule has 1 aromatic heterocycles. The van der Waals surface area contributed by atoms with Crippen LogP contribution in [-0.4, -0.2) is 39.4 Å². The SMILES string of the molecule is O=C(Nc1cccc(F)c1)C1CCN(C(=O)c2ncn3c2COC(c2ccc(F)cc2)C3)CC1. The molecule has 7 nitrogen and oxygen atoms in total. The van der Waals surface area contributed by atoms with E-state index in [0.717, 1.165) is 5.56 Å². The molecule has 0 radical (unpaired) electrons. The first-order chi connectivity index (χ1) is 16.5. The molecule has 2 aliphatic heterocycles. The van der Waals surface area contributed by atoms with Crippen molar-refractivity contribution >= 4 is 17.5 Å². The maximum atomic E-state index is 13.4. The quantitative estimate of drug-likeness (QED) is 0.632. The topological polar surface area (TPSA) is 76.5 Å². The van der Waals surface area contributed by atoms with Crippen molar-refractivity contribution in [3.8, 4) is 0 Å². The van der Waals surface area contributed by atoms with Gasteiger partial charge in [-0.2, -0.15) is 0 Å². The summed E-state index contributed by atoms with van der Waals surface area (Å²) >= 11 is 0. The van der Waals surface area contributed by atoms with Gasteiger partial charge in [-0.15, -0.1) is 0 Å². The number of piperidine rings is 1. The molecule has 0 saturated carbocycles. The predicted octanol–water partition coefficient (Wildman–Crippen LogP) is 3.92. The molecule has 0 aliphatic carbocycles. The van der Waals surface area contributed by atoms with Crippen molar-refractivity contribution in [1.29, 1.82) is 0 Å². The molecule has 5 rings (SSSR count). The second-order valence-electron chi connectivity index (χ2n) is 8.61. The van der Waals surface area contributed by atoms with E-state index in [2.05, 4.69) is 10.3 Å². The van der Waals surface area contributed by atoms with Gasteiger partial charge in [-0.05, 0) is 48.7 Å². The lowest BCUT2D eigenvalue weighted by Gasteiger charge is -2.31. The van der Waals surface area contributed by atoms with E-state index in [1.54, 1.807) is 35.5 Å². The van der Waals surface area contributed by atoms with E-state index < -0.39 is 5.82 Å². The summed E-state index contributed by atoms with van der Waals surface area (Å²) < 4.78 is 34.4. The molecule has 2 aliphatic rings. The minimum atomic E-state index is -0.408. The van der Waals surface area contributed by atoms with Crippen LogP contribution >= 0.6 is 0 Å². The third-order valence-electron chi connectivity index (χ3n) is 6.42. The number of benzene rings is 2. The van der Waals surface area contributed by atoms with Crippen LogP contribution < -0.4 is 5.32 Å². The predicted molar refractivity (Wildman–Crippen MR) is 120 cm³/mol. The maximum absolute atomic E-state index is 13.4. The zero-order valence-corrected chi connectivity index (χ0v) is 18.4. The summed E-state index contributed by atoms with van der Waals surface area (Å²) in [6, 6.07) is 12.0. The van der Waals surface area contributed by atoms with Crippen molar-refractivity contribution in [2.75, 3.05) is 18.4 Å². The Balaban J connectivity index is 1.19. The normalized spacial score (nSPS) is 18.4. The number of rotatable bonds is 4. The lowest BCUT2D eigenvalue weighted by molar-refractivity contribution is -0.121. The Morgan fingerprint density at radius 2 is 1.79 bits per heavy atom. The zero-order chi connectivity index (χ0) is 23.7. The number of anilines is 1. The lowest BCUT2D eigenvalue weighted by atomic mass is 9.95. The molecule has 1 atom stereocenters. The van der Waals surface area contributed by atoms with Crippen LogP contribution in [-0.2, 0) is 22.7 Å². The molecule has 1 unspecified atom stereocenters. The van der Waals surface area contributed by atoms with E-state index in [0.29, 0.717) is 49.6 Å².